The third-order valence-corrected chi connectivity index (χ3v) is 4.96. The third-order valence-electron chi connectivity index (χ3n) is 4.96. The molecule has 0 N–H and O–H groups in total. The van der Waals surface area contributed by atoms with Crippen molar-refractivity contribution in [3.05, 3.63) is 59.9 Å². The summed E-state index contributed by atoms with van der Waals surface area (Å²) in [7, 11) is 0. The number of ether oxygens (including phenoxy) is 3. The summed E-state index contributed by atoms with van der Waals surface area (Å²) in [5, 5.41) is 0. The van der Waals surface area contributed by atoms with Crippen molar-refractivity contribution in [2.45, 2.75) is 61.5 Å². The second-order valence-corrected chi connectivity index (χ2v) is 8.27. The van der Waals surface area contributed by atoms with Gasteiger partial charge < -0.3 is 14.2 Å². The first-order valence-corrected chi connectivity index (χ1v) is 10.6. The summed E-state index contributed by atoms with van der Waals surface area (Å²) in [6.45, 7) is 2.15. The van der Waals surface area contributed by atoms with Gasteiger partial charge in [0.15, 0.2) is 0 Å². The van der Waals surface area contributed by atoms with Crippen molar-refractivity contribution in [3.63, 3.8) is 0 Å². The summed E-state index contributed by atoms with van der Waals surface area (Å²) in [4.78, 5) is 11.6. The average molecular weight is 666 g/mol. The highest BCUT2D eigenvalue weighted by atomic mass is 19.4. The molecule has 0 bridgehead atoms. The second kappa shape index (κ2) is 12.4. The van der Waals surface area contributed by atoms with Crippen LogP contribution in [0.1, 0.15) is 12.5 Å². The maximum absolute atomic E-state index is 14.1. The smallest absolute Gasteiger partial charge is 0.426 e. The molecule has 0 radical (unpaired) electrons. The van der Waals surface area contributed by atoms with E-state index in [0.717, 1.165) is 6.92 Å². The van der Waals surface area contributed by atoms with E-state index < -0.39 is 84.6 Å². The first-order valence-electron chi connectivity index (χ1n) is 10.6. The van der Waals surface area contributed by atoms with Crippen molar-refractivity contribution in [2.24, 2.45) is 0 Å². The van der Waals surface area contributed by atoms with Gasteiger partial charge in [-0.3, -0.25) is 0 Å². The van der Waals surface area contributed by atoms with Crippen molar-refractivity contribution in [2.75, 3.05) is 6.61 Å². The fourth-order valence-electron chi connectivity index (χ4n) is 2.55. The van der Waals surface area contributed by atoms with E-state index in [4.69, 9.17) is 4.74 Å². The zero-order valence-corrected chi connectivity index (χ0v) is 20.6. The van der Waals surface area contributed by atoms with Crippen molar-refractivity contribution in [1.82, 2.24) is 0 Å². The van der Waals surface area contributed by atoms with E-state index in [9.17, 15) is 79.4 Å². The van der Waals surface area contributed by atoms with Gasteiger partial charge in [0.2, 0.25) is 5.83 Å². The van der Waals surface area contributed by atoms with Gasteiger partial charge in [-0.05, 0) is 12.5 Å². The monoisotopic (exact) mass is 666 g/mol. The van der Waals surface area contributed by atoms with E-state index in [0.29, 0.717) is 5.56 Å². The Bertz CT molecular complexity index is 1180. The fourth-order valence-corrected chi connectivity index (χ4v) is 2.55. The van der Waals surface area contributed by atoms with Crippen molar-refractivity contribution < 1.29 is 93.6 Å². The second-order valence-electron chi connectivity index (χ2n) is 8.27. The van der Waals surface area contributed by atoms with Gasteiger partial charge in [-0.1, -0.05) is 36.9 Å². The molecule has 0 aliphatic rings. The Morgan fingerprint density at radius 1 is 0.721 bits per heavy atom. The molecule has 0 saturated heterocycles. The Hall–Kier alpha value is -3.26. The molecule has 0 aliphatic heterocycles. The highest BCUT2D eigenvalue weighted by molar-refractivity contribution is 5.87. The third kappa shape index (κ3) is 6.95. The summed E-state index contributed by atoms with van der Waals surface area (Å²) in [5.41, 5.74) is -0.242. The first-order chi connectivity index (χ1) is 19.1. The molecule has 0 heterocycles. The van der Waals surface area contributed by atoms with Crippen molar-refractivity contribution in [3.8, 4) is 0 Å². The predicted octanol–water partition coefficient (Wildman–Crippen LogP) is 8.15. The number of hydrogen-bond donors (Lipinski definition) is 0. The number of esters is 1. The van der Waals surface area contributed by atoms with Crippen LogP contribution in [0, 0.1) is 0 Å². The number of rotatable bonds is 14. The van der Waals surface area contributed by atoms with Crippen molar-refractivity contribution in [1.29, 1.82) is 0 Å². The van der Waals surface area contributed by atoms with E-state index in [1.807, 2.05) is 0 Å². The molecule has 1 unspecified atom stereocenters. The van der Waals surface area contributed by atoms with Crippen LogP contribution in [0.4, 0.5) is 74.6 Å². The normalized spacial score (nSPS) is 15.5. The largest absolute Gasteiger partial charge is 0.460 e. The summed E-state index contributed by atoms with van der Waals surface area (Å²) < 4.78 is 240. The molecular formula is C22H15F17O4. The SMILES string of the molecule is C=C(C)C(=O)OC(COCc1ccccc1)OC(F)=C(F)C(F)(F)C(F)(F)C(F)(F)C(F)(F)C(F)(F)C(F)(F)C(F)(F)F. The molecule has 0 amide bonds. The van der Waals surface area contributed by atoms with Gasteiger partial charge in [-0.2, -0.15) is 74.6 Å². The van der Waals surface area contributed by atoms with E-state index in [2.05, 4.69) is 16.1 Å². The Morgan fingerprint density at radius 2 is 1.16 bits per heavy atom. The van der Waals surface area contributed by atoms with Gasteiger partial charge in [0, 0.05) is 5.57 Å². The molecule has 1 atom stereocenters. The Balaban J connectivity index is 3.46. The Morgan fingerprint density at radius 3 is 1.60 bits per heavy atom. The number of allylic oxidation sites excluding steroid dienone is 1. The molecule has 43 heavy (non-hydrogen) atoms. The van der Waals surface area contributed by atoms with Crippen LogP contribution >= 0.6 is 0 Å². The lowest BCUT2D eigenvalue weighted by Gasteiger charge is -2.41. The number of carbonyl (C=O) groups excluding carboxylic acids is 1. The van der Waals surface area contributed by atoms with Gasteiger partial charge in [-0.25, -0.2) is 4.79 Å². The van der Waals surface area contributed by atoms with Crippen LogP contribution in [0.25, 0.3) is 0 Å². The van der Waals surface area contributed by atoms with Crippen LogP contribution in [-0.4, -0.2) is 60.6 Å². The number of hydrogen-bond acceptors (Lipinski definition) is 4. The Labute approximate surface area is 228 Å². The minimum Gasteiger partial charge on any atom is -0.426 e. The van der Waals surface area contributed by atoms with Gasteiger partial charge in [0.25, 0.3) is 6.29 Å². The van der Waals surface area contributed by atoms with Crippen LogP contribution in [-0.2, 0) is 25.6 Å². The number of benzene rings is 1. The number of carbonyl (C=O) groups is 1. The molecule has 0 saturated carbocycles. The number of alkyl halides is 15. The van der Waals surface area contributed by atoms with Gasteiger partial charge in [0.1, 0.15) is 6.61 Å². The molecule has 0 spiro atoms. The minimum atomic E-state index is -8.71. The topological polar surface area (TPSA) is 44.8 Å². The quantitative estimate of drug-likeness (QED) is 0.0662. The van der Waals surface area contributed by atoms with Crippen LogP contribution in [0.15, 0.2) is 54.3 Å². The van der Waals surface area contributed by atoms with Crippen molar-refractivity contribution >= 4 is 5.97 Å². The zero-order chi connectivity index (χ0) is 34.0. The lowest BCUT2D eigenvalue weighted by atomic mass is 9.91. The minimum absolute atomic E-state index is 0.317. The molecule has 246 valence electrons. The molecular weight excluding hydrogens is 651 g/mol. The van der Waals surface area contributed by atoms with E-state index in [1.54, 1.807) is 0 Å². The summed E-state index contributed by atoms with van der Waals surface area (Å²) >= 11 is 0. The molecule has 1 aromatic carbocycles. The van der Waals surface area contributed by atoms with Crippen LogP contribution in [0.3, 0.4) is 0 Å². The molecule has 4 nitrogen and oxygen atoms in total. The zero-order valence-electron chi connectivity index (χ0n) is 20.6. The molecule has 1 rings (SSSR count). The van der Waals surface area contributed by atoms with Crippen LogP contribution in [0.5, 0.6) is 0 Å². The summed E-state index contributed by atoms with van der Waals surface area (Å²) in [6, 6.07) is 3.45. The van der Waals surface area contributed by atoms with Gasteiger partial charge >= 0.3 is 53.7 Å². The van der Waals surface area contributed by atoms with E-state index in [1.165, 1.54) is 30.3 Å². The highest BCUT2D eigenvalue weighted by Gasteiger charge is 2.93. The molecule has 0 fully saturated rings. The lowest BCUT2D eigenvalue weighted by molar-refractivity contribution is -0.451. The summed E-state index contributed by atoms with van der Waals surface area (Å²) in [6.07, 6.45) is -10.6. The maximum Gasteiger partial charge on any atom is 0.460 e. The molecule has 21 heteroatoms. The van der Waals surface area contributed by atoms with Gasteiger partial charge in [0.05, 0.1) is 6.61 Å². The molecule has 1 aromatic rings. The van der Waals surface area contributed by atoms with E-state index >= 15 is 0 Å². The summed E-state index contributed by atoms with van der Waals surface area (Å²) in [5.74, 6) is -56.5. The highest BCUT2D eigenvalue weighted by Crippen LogP contribution is 2.63. The van der Waals surface area contributed by atoms with Crippen LogP contribution in [0.2, 0.25) is 0 Å². The van der Waals surface area contributed by atoms with E-state index in [-0.39, 0.29) is 0 Å². The average Bonchev–Trinajstić information content (AvgIpc) is 2.87. The lowest BCUT2D eigenvalue weighted by Crippen LogP contribution is -2.72. The molecule has 0 aromatic heterocycles. The first kappa shape index (κ1) is 37.8. The standard InChI is InChI=1S/C22H15F17O4/c1-10(2)15(40)43-12(9-41-8-11-6-4-3-5-7-11)42-14(24)13(23)16(25,26)17(27,28)18(29,30)19(31,32)20(33,34)21(35,36)22(37,38)39/h3-7,12H,1,8-9H2,2H3. The molecule has 0 aliphatic carbocycles. The van der Waals surface area contributed by atoms with Gasteiger partial charge in [-0.15, -0.1) is 0 Å². The Kier molecular flexibility index (Phi) is 10.9. The van der Waals surface area contributed by atoms with Crippen LogP contribution < -0.4 is 0 Å². The fraction of sp³-hybridized carbons (Fsp3) is 0.500. The number of halogens is 17. The predicted molar refractivity (Wildman–Crippen MR) is 107 cm³/mol. The maximum atomic E-state index is 14.1.